The highest BCUT2D eigenvalue weighted by Gasteiger charge is 2.57. The summed E-state index contributed by atoms with van der Waals surface area (Å²) in [5.74, 6) is -6.30. The molecule has 1 aliphatic carbocycles. The van der Waals surface area contributed by atoms with E-state index in [0.717, 1.165) is 5.56 Å². The molecule has 1 N–H and O–H groups in total. The van der Waals surface area contributed by atoms with E-state index >= 15 is 0 Å². The molecular weight excluding hydrogens is 596 g/mol. The Balaban J connectivity index is 1.63. The van der Waals surface area contributed by atoms with Gasteiger partial charge in [-0.25, -0.2) is 4.79 Å². The lowest BCUT2D eigenvalue weighted by molar-refractivity contribution is -0.174. The SMILES string of the molecule is C=CCOC(=O)C1C(=O)O[C@]2(C)c3cccc(O)c3C(=O)C[C@@H]2C[C@H]1C(c1onc(OCc2ccccc2)c1C(=O)OC)N(C)C. The fraction of sp³-hybridized carbons (Fsp3) is 0.382. The van der Waals surface area contributed by atoms with E-state index in [1.54, 1.807) is 38.1 Å². The molecule has 2 aliphatic rings. The number of hydrogen-bond donors (Lipinski definition) is 1. The maximum atomic E-state index is 14.1. The molecule has 0 saturated carbocycles. The first kappa shape index (κ1) is 32.4. The number of phenolic OH excluding ortho intramolecular Hbond substituents is 1. The van der Waals surface area contributed by atoms with Gasteiger partial charge in [-0.3, -0.25) is 19.3 Å². The molecule has 0 spiro atoms. The minimum Gasteiger partial charge on any atom is -0.507 e. The number of esters is 3. The van der Waals surface area contributed by atoms with Crippen LogP contribution in [0.25, 0.3) is 0 Å². The van der Waals surface area contributed by atoms with Crippen molar-refractivity contribution >= 4 is 23.7 Å². The standard InChI is InChI=1S/C34H36N2O10/c1-6-15-43-32(40)25-21(16-20-17-24(38)26-22(13-10-14-23(26)37)34(20,2)45-33(25)41)28(36(3)4)29-27(31(39)42-5)30(35-46-29)44-18-19-11-8-7-9-12-19/h6-14,20-21,25,28,37H,1,15-18H2,2-5H3/t20-,21+,25?,28?,34-/m0/s1. The second kappa shape index (κ2) is 13.2. The fourth-order valence-electron chi connectivity index (χ4n) is 6.57. The molecule has 0 amide bonds. The highest BCUT2D eigenvalue weighted by Crippen LogP contribution is 2.53. The molecule has 5 atom stereocenters. The van der Waals surface area contributed by atoms with Crippen molar-refractivity contribution < 1.29 is 47.8 Å². The molecule has 1 saturated heterocycles. The Labute approximate surface area is 265 Å². The normalized spacial score (nSPS) is 22.9. The van der Waals surface area contributed by atoms with Gasteiger partial charge in [0.1, 0.15) is 24.6 Å². The van der Waals surface area contributed by atoms with E-state index in [4.69, 9.17) is 23.5 Å². The Morgan fingerprint density at radius 2 is 1.91 bits per heavy atom. The Bertz CT molecular complexity index is 1650. The van der Waals surface area contributed by atoms with Crippen LogP contribution in [0.15, 0.2) is 65.7 Å². The molecule has 3 aromatic rings. The molecule has 1 aliphatic heterocycles. The molecule has 2 unspecified atom stereocenters. The van der Waals surface area contributed by atoms with Gasteiger partial charge in [-0.1, -0.05) is 55.1 Å². The summed E-state index contributed by atoms with van der Waals surface area (Å²) in [6, 6.07) is 12.9. The lowest BCUT2D eigenvalue weighted by Crippen LogP contribution is -2.42. The van der Waals surface area contributed by atoms with Crippen molar-refractivity contribution in [3.8, 4) is 11.6 Å². The smallest absolute Gasteiger partial charge is 0.347 e. The van der Waals surface area contributed by atoms with E-state index < -0.39 is 47.3 Å². The highest BCUT2D eigenvalue weighted by atomic mass is 16.6. The molecule has 242 valence electrons. The summed E-state index contributed by atoms with van der Waals surface area (Å²) in [5, 5.41) is 14.6. The minimum atomic E-state index is -1.50. The Kier molecular flexibility index (Phi) is 9.29. The van der Waals surface area contributed by atoms with Crippen LogP contribution >= 0.6 is 0 Å². The number of nitrogens with zero attached hydrogens (tertiary/aromatic N) is 2. The number of carbonyl (C=O) groups excluding carboxylic acids is 4. The first-order chi connectivity index (χ1) is 22.0. The van der Waals surface area contributed by atoms with Gasteiger partial charge in [0.15, 0.2) is 23.0 Å². The van der Waals surface area contributed by atoms with Crippen LogP contribution < -0.4 is 4.74 Å². The second-order valence-corrected chi connectivity index (χ2v) is 11.7. The summed E-state index contributed by atoms with van der Waals surface area (Å²) in [6.45, 7) is 5.17. The molecule has 1 fully saturated rings. The molecule has 5 rings (SSSR count). The molecule has 46 heavy (non-hydrogen) atoms. The highest BCUT2D eigenvalue weighted by molar-refractivity contribution is 6.02. The second-order valence-electron chi connectivity index (χ2n) is 11.7. The number of ether oxygens (including phenoxy) is 4. The summed E-state index contributed by atoms with van der Waals surface area (Å²) in [5.41, 5.74) is -0.250. The van der Waals surface area contributed by atoms with E-state index in [0.29, 0.717) is 5.56 Å². The molecule has 2 aromatic carbocycles. The largest absolute Gasteiger partial charge is 0.507 e. The van der Waals surface area contributed by atoms with Crippen molar-refractivity contribution in [2.75, 3.05) is 27.8 Å². The average Bonchev–Trinajstić information content (AvgIpc) is 3.39. The predicted molar refractivity (Wildman–Crippen MR) is 162 cm³/mol. The third-order valence-corrected chi connectivity index (χ3v) is 8.74. The van der Waals surface area contributed by atoms with Crippen LogP contribution in [0.4, 0.5) is 0 Å². The Morgan fingerprint density at radius 1 is 1.17 bits per heavy atom. The number of aromatic nitrogens is 1. The van der Waals surface area contributed by atoms with Crippen LogP contribution in [0.2, 0.25) is 0 Å². The van der Waals surface area contributed by atoms with E-state index in [1.807, 2.05) is 30.3 Å². The van der Waals surface area contributed by atoms with Crippen molar-refractivity contribution in [1.82, 2.24) is 10.1 Å². The average molecular weight is 633 g/mol. The van der Waals surface area contributed by atoms with Gasteiger partial charge >= 0.3 is 17.9 Å². The quantitative estimate of drug-likeness (QED) is 0.146. The molecule has 0 bridgehead atoms. The van der Waals surface area contributed by atoms with Crippen LogP contribution in [0.5, 0.6) is 11.6 Å². The zero-order valence-corrected chi connectivity index (χ0v) is 26.1. The molecule has 12 nitrogen and oxygen atoms in total. The van der Waals surface area contributed by atoms with Crippen molar-refractivity contribution in [3.05, 3.63) is 89.2 Å². The number of ketones is 1. The third-order valence-electron chi connectivity index (χ3n) is 8.74. The predicted octanol–water partition coefficient (Wildman–Crippen LogP) is 4.38. The number of Topliss-reactive ketones (excluding diaryl/α,β-unsaturated/α-hetero) is 1. The molecule has 1 aromatic heterocycles. The number of aromatic hydroxyl groups is 1. The van der Waals surface area contributed by atoms with Gasteiger partial charge in [-0.15, -0.1) is 0 Å². The third kappa shape index (κ3) is 5.87. The van der Waals surface area contributed by atoms with Gasteiger partial charge in [0.05, 0.1) is 18.7 Å². The van der Waals surface area contributed by atoms with Gasteiger partial charge in [-0.2, -0.15) is 0 Å². The summed E-state index contributed by atoms with van der Waals surface area (Å²) < 4.78 is 28.3. The summed E-state index contributed by atoms with van der Waals surface area (Å²) >= 11 is 0. The van der Waals surface area contributed by atoms with Gasteiger partial charge in [0.2, 0.25) is 0 Å². The fourth-order valence-corrected chi connectivity index (χ4v) is 6.57. The maximum absolute atomic E-state index is 14.1. The van der Waals surface area contributed by atoms with E-state index in [9.17, 15) is 24.3 Å². The molecule has 2 heterocycles. The number of methoxy groups -OCH3 is 1. The number of hydrogen-bond acceptors (Lipinski definition) is 12. The first-order valence-corrected chi connectivity index (χ1v) is 14.8. The number of fused-ring (bicyclic) bond motifs is 3. The number of benzene rings is 2. The number of rotatable bonds is 10. The van der Waals surface area contributed by atoms with Gasteiger partial charge in [-0.05, 0) is 44.2 Å². The molecule has 12 heteroatoms. The van der Waals surface area contributed by atoms with E-state index in [-0.39, 0.29) is 60.4 Å². The van der Waals surface area contributed by atoms with Crippen LogP contribution in [0.3, 0.4) is 0 Å². The Morgan fingerprint density at radius 3 is 2.59 bits per heavy atom. The van der Waals surface area contributed by atoms with Gasteiger partial charge in [0, 0.05) is 23.8 Å². The minimum absolute atomic E-state index is 0.00279. The molecule has 0 radical (unpaired) electrons. The Hall–Kier alpha value is -4.97. The monoisotopic (exact) mass is 632 g/mol. The van der Waals surface area contributed by atoms with Crippen LogP contribution in [0.1, 0.15) is 63.4 Å². The van der Waals surface area contributed by atoms with Crippen molar-refractivity contribution in [2.24, 2.45) is 17.8 Å². The van der Waals surface area contributed by atoms with E-state index in [2.05, 4.69) is 11.7 Å². The molecular formula is C34H36N2O10. The number of carbonyl (C=O) groups is 4. The van der Waals surface area contributed by atoms with Crippen molar-refractivity contribution in [1.29, 1.82) is 0 Å². The zero-order chi connectivity index (χ0) is 33.2. The van der Waals surface area contributed by atoms with Crippen LogP contribution in [-0.2, 0) is 36.0 Å². The summed E-state index contributed by atoms with van der Waals surface area (Å²) in [4.78, 5) is 56.0. The van der Waals surface area contributed by atoms with Crippen molar-refractivity contribution in [2.45, 2.75) is 38.0 Å². The number of phenols is 1. The summed E-state index contributed by atoms with van der Waals surface area (Å²) in [6.07, 6.45) is 1.38. The maximum Gasteiger partial charge on any atom is 0.347 e. The lowest BCUT2D eigenvalue weighted by Gasteiger charge is -2.41. The van der Waals surface area contributed by atoms with Gasteiger partial charge < -0.3 is 28.6 Å². The summed E-state index contributed by atoms with van der Waals surface area (Å²) in [7, 11) is 4.59. The van der Waals surface area contributed by atoms with Crippen LogP contribution in [0, 0.1) is 17.8 Å². The lowest BCUT2D eigenvalue weighted by atomic mass is 9.67. The van der Waals surface area contributed by atoms with Gasteiger partial charge in [0.25, 0.3) is 5.88 Å². The van der Waals surface area contributed by atoms with Crippen molar-refractivity contribution in [3.63, 3.8) is 0 Å². The zero-order valence-electron chi connectivity index (χ0n) is 26.1. The van der Waals surface area contributed by atoms with Crippen LogP contribution in [-0.4, -0.2) is 66.7 Å². The van der Waals surface area contributed by atoms with E-state index in [1.165, 1.54) is 19.3 Å². The first-order valence-electron chi connectivity index (χ1n) is 14.8. The topological polar surface area (TPSA) is 155 Å².